The van der Waals surface area contributed by atoms with Crippen molar-refractivity contribution in [3.8, 4) is 0 Å². The van der Waals surface area contributed by atoms with Crippen molar-refractivity contribution in [3.05, 3.63) is 12.0 Å². The molecule has 4 nitrogen and oxygen atoms in total. The summed E-state index contributed by atoms with van der Waals surface area (Å²) >= 11 is 0. The van der Waals surface area contributed by atoms with E-state index in [2.05, 4.69) is 9.88 Å². The van der Waals surface area contributed by atoms with E-state index < -0.39 is 0 Å². The minimum atomic E-state index is 0.326. The first-order chi connectivity index (χ1) is 6.29. The van der Waals surface area contributed by atoms with E-state index in [0.717, 1.165) is 31.2 Å². The predicted octanol–water partition coefficient (Wildman–Crippen LogP) is 1.21. The quantitative estimate of drug-likeness (QED) is 0.689. The number of hydrogen-bond acceptors (Lipinski definition) is 4. The number of hydrogen-bond donors (Lipinski definition) is 0. The zero-order valence-corrected chi connectivity index (χ0v) is 7.99. The Morgan fingerprint density at radius 1 is 1.69 bits per heavy atom. The molecule has 0 aromatic carbocycles. The zero-order chi connectivity index (χ0) is 9.26. The Hall–Kier alpha value is -1.03. The van der Waals surface area contributed by atoms with Crippen molar-refractivity contribution in [1.29, 1.82) is 0 Å². The largest absolute Gasteiger partial charge is 0.432 e. The minimum absolute atomic E-state index is 0.326. The molecule has 72 valence electrons. The van der Waals surface area contributed by atoms with Gasteiger partial charge in [0.15, 0.2) is 0 Å². The first-order valence-electron chi connectivity index (χ1n) is 4.49. The van der Waals surface area contributed by atoms with Crippen LogP contribution in [0.1, 0.15) is 12.1 Å². The van der Waals surface area contributed by atoms with E-state index in [1.807, 2.05) is 6.92 Å². The van der Waals surface area contributed by atoms with Crippen molar-refractivity contribution in [2.75, 3.05) is 25.1 Å². The Bertz CT molecular complexity index is 285. The van der Waals surface area contributed by atoms with Crippen LogP contribution in [0.4, 0.5) is 6.01 Å². The standard InChI is InChI=1S/C9H14N2O2/c1-7-6-13-9(10-7)11-4-3-8(5-11)12-2/h6,8H,3-5H2,1-2H3/t8-/m0/s1. The molecule has 1 aliphatic rings. The Morgan fingerprint density at radius 3 is 3.08 bits per heavy atom. The van der Waals surface area contributed by atoms with Gasteiger partial charge < -0.3 is 14.1 Å². The third-order valence-electron chi connectivity index (χ3n) is 2.36. The van der Waals surface area contributed by atoms with Crippen molar-refractivity contribution < 1.29 is 9.15 Å². The summed E-state index contributed by atoms with van der Waals surface area (Å²) in [6, 6.07) is 0.719. The van der Waals surface area contributed by atoms with Crippen molar-refractivity contribution in [2.24, 2.45) is 0 Å². The van der Waals surface area contributed by atoms with E-state index in [4.69, 9.17) is 9.15 Å². The maximum atomic E-state index is 5.30. The Kier molecular flexibility index (Phi) is 2.22. The molecule has 1 saturated heterocycles. The van der Waals surface area contributed by atoms with Crippen LogP contribution in [-0.4, -0.2) is 31.3 Å². The Labute approximate surface area is 77.5 Å². The number of nitrogens with zero attached hydrogens (tertiary/aromatic N) is 2. The molecule has 0 aliphatic carbocycles. The highest BCUT2D eigenvalue weighted by molar-refractivity contribution is 5.28. The maximum Gasteiger partial charge on any atom is 0.297 e. The third-order valence-corrected chi connectivity index (χ3v) is 2.36. The van der Waals surface area contributed by atoms with E-state index in [-0.39, 0.29) is 0 Å². The van der Waals surface area contributed by atoms with E-state index >= 15 is 0 Å². The molecular weight excluding hydrogens is 168 g/mol. The van der Waals surface area contributed by atoms with Crippen LogP contribution in [0.25, 0.3) is 0 Å². The topological polar surface area (TPSA) is 38.5 Å². The second kappa shape index (κ2) is 3.38. The highest BCUT2D eigenvalue weighted by Crippen LogP contribution is 2.20. The van der Waals surface area contributed by atoms with Gasteiger partial charge in [-0.1, -0.05) is 0 Å². The van der Waals surface area contributed by atoms with Crippen molar-refractivity contribution in [3.63, 3.8) is 0 Å². The number of ether oxygens (including phenoxy) is 1. The van der Waals surface area contributed by atoms with Gasteiger partial charge in [0.25, 0.3) is 6.01 Å². The van der Waals surface area contributed by atoms with Crippen LogP contribution in [0.5, 0.6) is 0 Å². The predicted molar refractivity (Wildman–Crippen MR) is 48.9 cm³/mol. The first-order valence-corrected chi connectivity index (χ1v) is 4.49. The molecule has 1 fully saturated rings. The summed E-state index contributed by atoms with van der Waals surface area (Å²) in [7, 11) is 1.75. The average molecular weight is 182 g/mol. The molecule has 0 saturated carbocycles. The molecule has 0 amide bonds. The summed E-state index contributed by atoms with van der Waals surface area (Å²) in [4.78, 5) is 6.38. The van der Waals surface area contributed by atoms with Gasteiger partial charge in [-0.25, -0.2) is 0 Å². The number of rotatable bonds is 2. The Balaban J connectivity index is 2.03. The van der Waals surface area contributed by atoms with Gasteiger partial charge in [0.2, 0.25) is 0 Å². The number of methoxy groups -OCH3 is 1. The van der Waals surface area contributed by atoms with E-state index in [1.54, 1.807) is 13.4 Å². The lowest BCUT2D eigenvalue weighted by atomic mass is 10.3. The molecule has 2 heterocycles. The summed E-state index contributed by atoms with van der Waals surface area (Å²) in [6.07, 6.45) is 3.06. The second-order valence-corrected chi connectivity index (χ2v) is 3.36. The van der Waals surface area contributed by atoms with Crippen LogP contribution in [0, 0.1) is 6.92 Å². The van der Waals surface area contributed by atoms with Crippen LogP contribution in [0.2, 0.25) is 0 Å². The summed E-state index contributed by atoms with van der Waals surface area (Å²) < 4.78 is 10.6. The summed E-state index contributed by atoms with van der Waals surface area (Å²) in [5, 5.41) is 0. The lowest BCUT2D eigenvalue weighted by Gasteiger charge is -2.12. The van der Waals surface area contributed by atoms with Gasteiger partial charge in [0.1, 0.15) is 6.26 Å². The number of aryl methyl sites for hydroxylation is 1. The highest BCUT2D eigenvalue weighted by atomic mass is 16.5. The maximum absolute atomic E-state index is 5.30. The van der Waals surface area contributed by atoms with Gasteiger partial charge in [-0.15, -0.1) is 0 Å². The van der Waals surface area contributed by atoms with E-state index in [0.29, 0.717) is 6.10 Å². The lowest BCUT2D eigenvalue weighted by molar-refractivity contribution is 0.121. The summed E-state index contributed by atoms with van der Waals surface area (Å²) in [6.45, 7) is 3.78. The van der Waals surface area contributed by atoms with E-state index in [1.165, 1.54) is 0 Å². The fourth-order valence-electron chi connectivity index (χ4n) is 1.58. The lowest BCUT2D eigenvalue weighted by Crippen LogP contribution is -2.22. The van der Waals surface area contributed by atoms with Crippen LogP contribution >= 0.6 is 0 Å². The van der Waals surface area contributed by atoms with Gasteiger partial charge in [0.05, 0.1) is 11.8 Å². The molecule has 0 spiro atoms. The Morgan fingerprint density at radius 2 is 2.54 bits per heavy atom. The summed E-state index contributed by atoms with van der Waals surface area (Å²) in [5.41, 5.74) is 0.927. The zero-order valence-electron chi connectivity index (χ0n) is 7.99. The van der Waals surface area contributed by atoms with Gasteiger partial charge in [-0.05, 0) is 13.3 Å². The van der Waals surface area contributed by atoms with Crippen molar-refractivity contribution in [1.82, 2.24) is 4.98 Å². The molecule has 2 rings (SSSR count). The third kappa shape index (κ3) is 1.67. The van der Waals surface area contributed by atoms with Gasteiger partial charge in [-0.2, -0.15) is 4.98 Å². The van der Waals surface area contributed by atoms with Gasteiger partial charge >= 0.3 is 0 Å². The van der Waals surface area contributed by atoms with Crippen molar-refractivity contribution >= 4 is 6.01 Å². The van der Waals surface area contributed by atoms with Crippen LogP contribution in [-0.2, 0) is 4.74 Å². The van der Waals surface area contributed by atoms with Crippen LogP contribution in [0.3, 0.4) is 0 Å². The van der Waals surface area contributed by atoms with Gasteiger partial charge in [-0.3, -0.25) is 0 Å². The number of aromatic nitrogens is 1. The van der Waals surface area contributed by atoms with Crippen LogP contribution < -0.4 is 4.90 Å². The average Bonchev–Trinajstić information content (AvgIpc) is 2.71. The highest BCUT2D eigenvalue weighted by Gasteiger charge is 2.24. The van der Waals surface area contributed by atoms with Gasteiger partial charge in [0, 0.05) is 20.2 Å². The normalized spacial score (nSPS) is 22.6. The number of anilines is 1. The first kappa shape index (κ1) is 8.56. The number of oxazole rings is 1. The molecule has 1 aromatic heterocycles. The molecule has 4 heteroatoms. The molecule has 1 aliphatic heterocycles. The molecule has 0 unspecified atom stereocenters. The monoisotopic (exact) mass is 182 g/mol. The fourth-order valence-corrected chi connectivity index (χ4v) is 1.58. The fraction of sp³-hybridized carbons (Fsp3) is 0.667. The smallest absolute Gasteiger partial charge is 0.297 e. The van der Waals surface area contributed by atoms with E-state index in [9.17, 15) is 0 Å². The summed E-state index contributed by atoms with van der Waals surface area (Å²) in [5.74, 6) is 0. The molecule has 0 radical (unpaired) electrons. The molecule has 0 N–H and O–H groups in total. The SMILES string of the molecule is CO[C@H]1CCN(c2nc(C)co2)C1. The second-order valence-electron chi connectivity index (χ2n) is 3.36. The molecular formula is C9H14N2O2. The molecule has 0 bridgehead atoms. The molecule has 13 heavy (non-hydrogen) atoms. The van der Waals surface area contributed by atoms with Crippen molar-refractivity contribution in [2.45, 2.75) is 19.4 Å². The molecule has 1 aromatic rings. The minimum Gasteiger partial charge on any atom is -0.432 e. The molecule has 1 atom stereocenters. The van der Waals surface area contributed by atoms with Crippen LogP contribution in [0.15, 0.2) is 10.7 Å².